The number of carbonyl (C=O) groups is 2. The van der Waals surface area contributed by atoms with Gasteiger partial charge in [0.2, 0.25) is 0 Å². The molecule has 1 aliphatic heterocycles. The molecule has 0 radical (unpaired) electrons. The second-order valence-corrected chi connectivity index (χ2v) is 4.80. The number of hydrogen-bond acceptors (Lipinski definition) is 3. The number of alkyl halides is 3. The fraction of sp³-hybridized carbons (Fsp3) is 0.667. The van der Waals surface area contributed by atoms with E-state index < -0.39 is 21.5 Å². The normalized spacial score (nSPS) is 20.6. The Balaban J connectivity index is 2.97. The third-order valence-corrected chi connectivity index (χ3v) is 2.34. The van der Waals surface area contributed by atoms with E-state index in [0.717, 1.165) is 0 Å². The SMILES string of the molecule is CCOC1(C(Cl)(Cl)Cl)NC(=O)C(=O)N1. The number of halogens is 3. The number of rotatable bonds is 2. The first-order valence-corrected chi connectivity index (χ1v) is 4.81. The van der Waals surface area contributed by atoms with Crippen molar-refractivity contribution >= 4 is 46.6 Å². The Bertz CT molecular complexity index is 260. The monoisotopic (exact) mass is 260 g/mol. The maximum Gasteiger partial charge on any atom is 0.313 e. The molecular formula is C6H7Cl3N2O3. The molecule has 0 spiro atoms. The average Bonchev–Trinajstić information content (AvgIpc) is 2.28. The quantitative estimate of drug-likeness (QED) is 0.555. The van der Waals surface area contributed by atoms with Crippen molar-refractivity contribution in [2.45, 2.75) is 16.6 Å². The molecule has 0 unspecified atom stereocenters. The van der Waals surface area contributed by atoms with E-state index >= 15 is 0 Å². The first-order chi connectivity index (χ1) is 6.32. The van der Waals surface area contributed by atoms with Crippen LogP contribution in [-0.4, -0.2) is 28.1 Å². The number of ether oxygens (including phenoxy) is 1. The summed E-state index contributed by atoms with van der Waals surface area (Å²) in [5.74, 6) is -3.57. The van der Waals surface area contributed by atoms with Crippen LogP contribution in [0.5, 0.6) is 0 Å². The molecule has 14 heavy (non-hydrogen) atoms. The first-order valence-electron chi connectivity index (χ1n) is 3.68. The lowest BCUT2D eigenvalue weighted by Gasteiger charge is -2.34. The molecule has 80 valence electrons. The van der Waals surface area contributed by atoms with Gasteiger partial charge in [0.05, 0.1) is 0 Å². The molecule has 8 heteroatoms. The van der Waals surface area contributed by atoms with Gasteiger partial charge < -0.3 is 4.74 Å². The summed E-state index contributed by atoms with van der Waals surface area (Å²) in [6.07, 6.45) is 0. The Labute approximate surface area is 95.0 Å². The van der Waals surface area contributed by atoms with Crippen molar-refractivity contribution in [3.63, 3.8) is 0 Å². The summed E-state index contributed by atoms with van der Waals surface area (Å²) in [5.41, 5.74) is 0. The lowest BCUT2D eigenvalue weighted by atomic mass is 10.5. The molecule has 1 saturated heterocycles. The zero-order valence-corrected chi connectivity index (χ0v) is 9.33. The highest BCUT2D eigenvalue weighted by atomic mass is 35.6. The molecule has 0 bridgehead atoms. The fourth-order valence-electron chi connectivity index (χ4n) is 0.977. The van der Waals surface area contributed by atoms with Crippen molar-refractivity contribution < 1.29 is 14.3 Å². The summed E-state index contributed by atoms with van der Waals surface area (Å²) in [7, 11) is 0. The van der Waals surface area contributed by atoms with Crippen LogP contribution in [0.3, 0.4) is 0 Å². The Hall–Kier alpha value is -0.230. The molecule has 1 aliphatic rings. The van der Waals surface area contributed by atoms with Gasteiger partial charge >= 0.3 is 11.8 Å². The van der Waals surface area contributed by atoms with Crippen LogP contribution in [0.2, 0.25) is 0 Å². The van der Waals surface area contributed by atoms with E-state index in [1.807, 2.05) is 0 Å². The molecule has 0 saturated carbocycles. The second-order valence-electron chi connectivity index (χ2n) is 2.52. The van der Waals surface area contributed by atoms with Crippen LogP contribution in [-0.2, 0) is 14.3 Å². The van der Waals surface area contributed by atoms with Crippen LogP contribution >= 0.6 is 34.8 Å². The third kappa shape index (κ3) is 1.91. The van der Waals surface area contributed by atoms with Gasteiger partial charge in [0.15, 0.2) is 0 Å². The molecule has 2 amide bonds. The van der Waals surface area contributed by atoms with E-state index in [-0.39, 0.29) is 6.61 Å². The van der Waals surface area contributed by atoms with Crippen LogP contribution in [0, 0.1) is 0 Å². The average molecular weight is 261 g/mol. The standard InChI is InChI=1S/C6H7Cl3N2O3/c1-2-14-6(5(7,8)9)10-3(12)4(13)11-6/h2H2,1H3,(H,10,12)(H,11,13). The van der Waals surface area contributed by atoms with Crippen molar-refractivity contribution in [2.75, 3.05) is 6.61 Å². The van der Waals surface area contributed by atoms with Gasteiger partial charge in [-0.25, -0.2) is 0 Å². The minimum Gasteiger partial charge on any atom is -0.335 e. The van der Waals surface area contributed by atoms with E-state index in [9.17, 15) is 9.59 Å². The number of carbonyl (C=O) groups excluding carboxylic acids is 2. The number of amides is 2. The molecule has 0 aliphatic carbocycles. The highest BCUT2D eigenvalue weighted by Gasteiger charge is 2.57. The Morgan fingerprint density at radius 2 is 1.71 bits per heavy atom. The Morgan fingerprint density at radius 3 is 2.00 bits per heavy atom. The topological polar surface area (TPSA) is 67.4 Å². The summed E-state index contributed by atoms with van der Waals surface area (Å²) < 4.78 is 3.05. The zero-order chi connectivity index (χ0) is 11.0. The molecule has 0 aromatic rings. The molecule has 5 nitrogen and oxygen atoms in total. The van der Waals surface area contributed by atoms with Crippen LogP contribution < -0.4 is 10.6 Å². The van der Waals surface area contributed by atoms with Gasteiger partial charge in [0, 0.05) is 6.61 Å². The van der Waals surface area contributed by atoms with Crippen molar-refractivity contribution in [3.05, 3.63) is 0 Å². The molecular weight excluding hydrogens is 254 g/mol. The molecule has 0 aromatic carbocycles. The van der Waals surface area contributed by atoms with Crippen LogP contribution in [0.15, 0.2) is 0 Å². The van der Waals surface area contributed by atoms with E-state index in [2.05, 4.69) is 10.6 Å². The predicted molar refractivity (Wildman–Crippen MR) is 50.9 cm³/mol. The van der Waals surface area contributed by atoms with E-state index in [4.69, 9.17) is 39.5 Å². The van der Waals surface area contributed by atoms with Crippen LogP contribution in [0.25, 0.3) is 0 Å². The van der Waals surface area contributed by atoms with Gasteiger partial charge in [-0.3, -0.25) is 20.2 Å². The van der Waals surface area contributed by atoms with Crippen molar-refractivity contribution in [2.24, 2.45) is 0 Å². The van der Waals surface area contributed by atoms with Gasteiger partial charge in [-0.1, -0.05) is 34.8 Å². The fourth-order valence-corrected chi connectivity index (χ4v) is 1.42. The number of hydrogen-bond donors (Lipinski definition) is 2. The van der Waals surface area contributed by atoms with Gasteiger partial charge in [-0.05, 0) is 6.92 Å². The minimum absolute atomic E-state index is 0.161. The maximum atomic E-state index is 10.9. The first kappa shape index (κ1) is 11.8. The van der Waals surface area contributed by atoms with Crippen molar-refractivity contribution in [1.29, 1.82) is 0 Å². The van der Waals surface area contributed by atoms with E-state index in [0.29, 0.717) is 0 Å². The summed E-state index contributed by atoms with van der Waals surface area (Å²) in [6.45, 7) is 1.79. The number of nitrogens with one attached hydrogen (secondary N) is 2. The van der Waals surface area contributed by atoms with Gasteiger partial charge in [-0.15, -0.1) is 0 Å². The molecule has 1 rings (SSSR count). The summed E-state index contributed by atoms with van der Waals surface area (Å²) in [6, 6.07) is 0. The van der Waals surface area contributed by atoms with Crippen molar-refractivity contribution in [3.8, 4) is 0 Å². The molecule has 1 heterocycles. The largest absolute Gasteiger partial charge is 0.335 e. The molecule has 2 N–H and O–H groups in total. The smallest absolute Gasteiger partial charge is 0.313 e. The maximum absolute atomic E-state index is 10.9. The highest BCUT2D eigenvalue weighted by Crippen LogP contribution is 2.38. The van der Waals surface area contributed by atoms with Gasteiger partial charge in [0.25, 0.3) is 9.64 Å². The van der Waals surface area contributed by atoms with E-state index in [1.165, 1.54) is 0 Å². The van der Waals surface area contributed by atoms with Crippen LogP contribution in [0.4, 0.5) is 0 Å². The summed E-state index contributed by atoms with van der Waals surface area (Å²) in [4.78, 5) is 21.9. The molecule has 0 aromatic heterocycles. The molecule has 0 atom stereocenters. The minimum atomic E-state index is -1.98. The highest BCUT2D eigenvalue weighted by molar-refractivity contribution is 6.68. The summed E-state index contributed by atoms with van der Waals surface area (Å²) in [5, 5.41) is 4.28. The Morgan fingerprint density at radius 1 is 1.29 bits per heavy atom. The van der Waals surface area contributed by atoms with Crippen molar-refractivity contribution in [1.82, 2.24) is 10.6 Å². The Kier molecular flexibility index (Phi) is 3.16. The third-order valence-electron chi connectivity index (χ3n) is 1.55. The molecule has 1 fully saturated rings. The lowest BCUT2D eigenvalue weighted by Crippen LogP contribution is -2.61. The van der Waals surface area contributed by atoms with Gasteiger partial charge in [0.1, 0.15) is 0 Å². The van der Waals surface area contributed by atoms with E-state index in [1.54, 1.807) is 6.92 Å². The zero-order valence-electron chi connectivity index (χ0n) is 7.07. The second kappa shape index (κ2) is 3.73. The van der Waals surface area contributed by atoms with Crippen LogP contribution in [0.1, 0.15) is 6.92 Å². The predicted octanol–water partition coefficient (Wildman–Crippen LogP) is 0.293. The van der Waals surface area contributed by atoms with Gasteiger partial charge in [-0.2, -0.15) is 0 Å². The summed E-state index contributed by atoms with van der Waals surface area (Å²) >= 11 is 16.7. The lowest BCUT2D eigenvalue weighted by molar-refractivity contribution is -0.135.